The number of halogens is 2. The Balaban J connectivity index is 2.77. The molecule has 0 aliphatic heterocycles. The van der Waals surface area contributed by atoms with Gasteiger partial charge in [-0.25, -0.2) is 0 Å². The molecule has 0 saturated carbocycles. The van der Waals surface area contributed by atoms with Crippen LogP contribution in [0.1, 0.15) is 13.8 Å². The van der Waals surface area contributed by atoms with Gasteiger partial charge >= 0.3 is 0 Å². The smallest absolute Gasteiger partial charge is 0.264 e. The summed E-state index contributed by atoms with van der Waals surface area (Å²) in [6.45, 7) is 7.90. The van der Waals surface area contributed by atoms with E-state index in [0.29, 0.717) is 4.47 Å². The fourth-order valence-corrected chi connectivity index (χ4v) is 2.78. The van der Waals surface area contributed by atoms with Crippen molar-refractivity contribution in [2.75, 3.05) is 19.6 Å². The quantitative estimate of drug-likeness (QED) is 0.814. The third-order valence-corrected chi connectivity index (χ3v) is 3.56. The molecule has 1 heterocycles. The standard InChI is InChI=1S/C11H16Br2N2O/c1-3-14(4-2)5-6-15-8-9(12)7-10(13)11(15)16/h7-8H,3-6H2,1-2H3. The molecule has 0 spiro atoms. The first-order valence-electron chi connectivity index (χ1n) is 5.36. The van der Waals surface area contributed by atoms with Gasteiger partial charge in [0, 0.05) is 23.8 Å². The molecule has 90 valence electrons. The number of hydrogen-bond donors (Lipinski definition) is 0. The Morgan fingerprint density at radius 2 is 1.94 bits per heavy atom. The Labute approximate surface area is 113 Å². The van der Waals surface area contributed by atoms with E-state index < -0.39 is 0 Å². The fourth-order valence-electron chi connectivity index (χ4n) is 1.52. The fraction of sp³-hybridized carbons (Fsp3) is 0.545. The lowest BCUT2D eigenvalue weighted by Crippen LogP contribution is -2.30. The molecule has 1 rings (SSSR count). The van der Waals surface area contributed by atoms with Gasteiger partial charge in [0.05, 0.1) is 4.47 Å². The van der Waals surface area contributed by atoms with Crippen LogP contribution in [0, 0.1) is 0 Å². The number of aromatic nitrogens is 1. The summed E-state index contributed by atoms with van der Waals surface area (Å²) in [6, 6.07) is 1.77. The molecule has 3 nitrogen and oxygen atoms in total. The number of pyridine rings is 1. The highest BCUT2D eigenvalue weighted by molar-refractivity contribution is 9.11. The molecular weight excluding hydrogens is 336 g/mol. The van der Waals surface area contributed by atoms with Gasteiger partial charge in [-0.1, -0.05) is 13.8 Å². The predicted molar refractivity (Wildman–Crippen MR) is 73.9 cm³/mol. The second-order valence-electron chi connectivity index (χ2n) is 3.53. The van der Waals surface area contributed by atoms with E-state index in [9.17, 15) is 4.79 Å². The van der Waals surface area contributed by atoms with Gasteiger partial charge < -0.3 is 9.47 Å². The maximum absolute atomic E-state index is 11.8. The van der Waals surface area contributed by atoms with E-state index >= 15 is 0 Å². The molecule has 0 radical (unpaired) electrons. The van der Waals surface area contributed by atoms with E-state index in [0.717, 1.165) is 30.7 Å². The minimum atomic E-state index is 0.0235. The van der Waals surface area contributed by atoms with Crippen LogP contribution in [0.2, 0.25) is 0 Å². The second-order valence-corrected chi connectivity index (χ2v) is 5.30. The van der Waals surface area contributed by atoms with E-state index in [1.807, 2.05) is 6.20 Å². The zero-order valence-electron chi connectivity index (χ0n) is 9.54. The van der Waals surface area contributed by atoms with Crippen molar-refractivity contribution < 1.29 is 0 Å². The third kappa shape index (κ3) is 3.71. The monoisotopic (exact) mass is 350 g/mol. The summed E-state index contributed by atoms with van der Waals surface area (Å²) in [4.78, 5) is 14.1. The lowest BCUT2D eigenvalue weighted by Gasteiger charge is -2.18. The first kappa shape index (κ1) is 13.9. The predicted octanol–water partition coefficient (Wildman–Crippen LogP) is 2.72. The van der Waals surface area contributed by atoms with Crippen LogP contribution in [-0.4, -0.2) is 29.1 Å². The molecular formula is C11H16Br2N2O. The zero-order valence-corrected chi connectivity index (χ0v) is 12.7. The topological polar surface area (TPSA) is 25.2 Å². The summed E-state index contributed by atoms with van der Waals surface area (Å²) in [5.41, 5.74) is 0.0235. The summed E-state index contributed by atoms with van der Waals surface area (Å²) in [5.74, 6) is 0. The number of nitrogens with zero attached hydrogens (tertiary/aromatic N) is 2. The average Bonchev–Trinajstić information content (AvgIpc) is 2.26. The van der Waals surface area contributed by atoms with Gasteiger partial charge in [0.1, 0.15) is 0 Å². The van der Waals surface area contributed by atoms with Gasteiger partial charge in [-0.2, -0.15) is 0 Å². The Morgan fingerprint density at radius 3 is 2.50 bits per heavy atom. The molecule has 0 bridgehead atoms. The lowest BCUT2D eigenvalue weighted by molar-refractivity contribution is 0.289. The van der Waals surface area contributed by atoms with Crippen molar-refractivity contribution in [3.05, 3.63) is 31.6 Å². The molecule has 16 heavy (non-hydrogen) atoms. The SMILES string of the molecule is CCN(CC)CCn1cc(Br)cc(Br)c1=O. The van der Waals surface area contributed by atoms with Crippen LogP contribution in [0.15, 0.2) is 26.0 Å². The van der Waals surface area contributed by atoms with Gasteiger partial charge in [0.2, 0.25) is 0 Å². The van der Waals surface area contributed by atoms with Crippen molar-refractivity contribution in [2.45, 2.75) is 20.4 Å². The van der Waals surface area contributed by atoms with Crippen LogP contribution in [0.5, 0.6) is 0 Å². The summed E-state index contributed by atoms with van der Waals surface area (Å²) < 4.78 is 3.24. The van der Waals surface area contributed by atoms with Gasteiger partial charge in [-0.3, -0.25) is 4.79 Å². The van der Waals surface area contributed by atoms with Gasteiger partial charge in [-0.05, 0) is 51.0 Å². The summed E-state index contributed by atoms with van der Waals surface area (Å²) in [5, 5.41) is 0. The number of hydrogen-bond acceptors (Lipinski definition) is 2. The van der Waals surface area contributed by atoms with Crippen LogP contribution in [0.4, 0.5) is 0 Å². The molecule has 1 aromatic rings. The Morgan fingerprint density at radius 1 is 1.31 bits per heavy atom. The van der Waals surface area contributed by atoms with E-state index in [-0.39, 0.29) is 5.56 Å². The molecule has 0 unspecified atom stereocenters. The zero-order chi connectivity index (χ0) is 12.1. The highest BCUT2D eigenvalue weighted by Crippen LogP contribution is 2.12. The highest BCUT2D eigenvalue weighted by Gasteiger charge is 2.04. The lowest BCUT2D eigenvalue weighted by atomic mass is 10.4. The van der Waals surface area contributed by atoms with Crippen LogP contribution in [0.3, 0.4) is 0 Å². The van der Waals surface area contributed by atoms with Crippen molar-refractivity contribution >= 4 is 31.9 Å². The van der Waals surface area contributed by atoms with E-state index in [2.05, 4.69) is 50.6 Å². The summed E-state index contributed by atoms with van der Waals surface area (Å²) in [6.07, 6.45) is 1.83. The minimum Gasteiger partial charge on any atom is -0.312 e. The molecule has 0 aliphatic rings. The van der Waals surface area contributed by atoms with E-state index in [1.54, 1.807) is 10.6 Å². The Hall–Kier alpha value is -0.130. The largest absolute Gasteiger partial charge is 0.312 e. The van der Waals surface area contributed by atoms with Crippen molar-refractivity contribution in [1.82, 2.24) is 9.47 Å². The molecule has 0 saturated heterocycles. The Bertz CT molecular complexity index is 399. The van der Waals surface area contributed by atoms with Crippen LogP contribution >= 0.6 is 31.9 Å². The molecule has 5 heteroatoms. The molecule has 1 aromatic heterocycles. The molecule has 0 fully saturated rings. The number of rotatable bonds is 5. The van der Waals surface area contributed by atoms with Crippen molar-refractivity contribution in [3.8, 4) is 0 Å². The molecule has 0 aliphatic carbocycles. The van der Waals surface area contributed by atoms with Gasteiger partial charge in [-0.15, -0.1) is 0 Å². The van der Waals surface area contributed by atoms with Crippen LogP contribution in [0.25, 0.3) is 0 Å². The maximum Gasteiger partial charge on any atom is 0.264 e. The summed E-state index contributed by atoms with van der Waals surface area (Å²) >= 11 is 6.65. The highest BCUT2D eigenvalue weighted by atomic mass is 79.9. The summed E-state index contributed by atoms with van der Waals surface area (Å²) in [7, 11) is 0. The van der Waals surface area contributed by atoms with E-state index in [4.69, 9.17) is 0 Å². The number of likely N-dealkylation sites (N-methyl/N-ethyl adjacent to an activating group) is 1. The van der Waals surface area contributed by atoms with Crippen LogP contribution < -0.4 is 5.56 Å². The average molecular weight is 352 g/mol. The van der Waals surface area contributed by atoms with Crippen molar-refractivity contribution in [1.29, 1.82) is 0 Å². The molecule has 0 aromatic carbocycles. The maximum atomic E-state index is 11.8. The molecule has 0 N–H and O–H groups in total. The first-order chi connectivity index (χ1) is 7.58. The van der Waals surface area contributed by atoms with Crippen LogP contribution in [-0.2, 0) is 6.54 Å². The van der Waals surface area contributed by atoms with Crippen molar-refractivity contribution in [2.24, 2.45) is 0 Å². The van der Waals surface area contributed by atoms with E-state index in [1.165, 1.54) is 0 Å². The first-order valence-corrected chi connectivity index (χ1v) is 6.95. The minimum absolute atomic E-state index is 0.0235. The van der Waals surface area contributed by atoms with Gasteiger partial charge in [0.25, 0.3) is 5.56 Å². The Kier molecular flexibility index (Phi) is 5.72. The second kappa shape index (κ2) is 6.57. The molecule has 0 amide bonds. The molecule has 0 atom stereocenters. The normalized spacial score (nSPS) is 11.1. The third-order valence-electron chi connectivity index (χ3n) is 2.56. The van der Waals surface area contributed by atoms with Gasteiger partial charge in [0.15, 0.2) is 0 Å². The van der Waals surface area contributed by atoms with Crippen molar-refractivity contribution in [3.63, 3.8) is 0 Å².